The van der Waals surface area contributed by atoms with Crippen molar-refractivity contribution in [1.82, 2.24) is 24.0 Å². The van der Waals surface area contributed by atoms with E-state index in [2.05, 4.69) is 24.0 Å². The van der Waals surface area contributed by atoms with Gasteiger partial charge in [-0.15, -0.1) is 0 Å². The Kier molecular flexibility index (Phi) is 12.2. The van der Waals surface area contributed by atoms with Crippen molar-refractivity contribution < 1.29 is 23.7 Å². The van der Waals surface area contributed by atoms with Crippen molar-refractivity contribution in [2.24, 2.45) is 11.7 Å². The largest absolute Gasteiger partial charge is 0.354 e. The number of carbonyl (C=O) groups is 1. The van der Waals surface area contributed by atoms with Crippen LogP contribution in [0.25, 0.3) is 0 Å². The molecule has 0 aromatic carbocycles. The Labute approximate surface area is 220 Å². The van der Waals surface area contributed by atoms with E-state index in [1.807, 2.05) is 12.4 Å². The summed E-state index contributed by atoms with van der Waals surface area (Å²) in [4.78, 5) is 23.9. The first-order valence-corrected chi connectivity index (χ1v) is 13.1. The number of imidazole rings is 2. The molecule has 0 bridgehead atoms. The fraction of sp³-hybridized carbons (Fsp3) is 0.731. The quantitative estimate of drug-likeness (QED) is 0.220. The van der Waals surface area contributed by atoms with E-state index in [9.17, 15) is 4.79 Å². The molecule has 0 spiro atoms. The third-order valence-corrected chi connectivity index (χ3v) is 7.19. The van der Waals surface area contributed by atoms with Gasteiger partial charge in [0.15, 0.2) is 18.4 Å². The van der Waals surface area contributed by atoms with Crippen LogP contribution >= 0.6 is 0 Å². The number of unbranched alkanes of at least 4 members (excludes halogenated alkanes) is 1. The maximum atomic E-state index is 12.4. The van der Waals surface area contributed by atoms with Gasteiger partial charge in [-0.05, 0) is 32.2 Å². The SMILES string of the molecule is COC(Cn1ccnc1CN(CCCCC(N)C(=O)C1CCC1)Cc1nccn1CC(OC)OC)OC. The number of hydrogen-bond donors (Lipinski definition) is 1. The van der Waals surface area contributed by atoms with Crippen LogP contribution in [-0.4, -0.2) is 83.4 Å². The summed E-state index contributed by atoms with van der Waals surface area (Å²) in [6.07, 6.45) is 12.4. The van der Waals surface area contributed by atoms with Gasteiger partial charge in [-0.1, -0.05) is 12.8 Å². The molecular formula is C26H44N6O5. The maximum Gasteiger partial charge on any atom is 0.174 e. The molecule has 2 N–H and O–H groups in total. The van der Waals surface area contributed by atoms with Gasteiger partial charge < -0.3 is 33.8 Å². The molecule has 1 unspecified atom stereocenters. The van der Waals surface area contributed by atoms with E-state index in [1.165, 1.54) is 0 Å². The fourth-order valence-electron chi connectivity index (χ4n) is 4.58. The van der Waals surface area contributed by atoms with Gasteiger partial charge in [-0.2, -0.15) is 0 Å². The molecule has 11 nitrogen and oxygen atoms in total. The van der Waals surface area contributed by atoms with E-state index < -0.39 is 0 Å². The zero-order valence-corrected chi connectivity index (χ0v) is 22.8. The predicted octanol–water partition coefficient (Wildman–Crippen LogP) is 2.19. The molecule has 1 saturated carbocycles. The molecule has 208 valence electrons. The van der Waals surface area contributed by atoms with Gasteiger partial charge in [0.25, 0.3) is 0 Å². The number of nitrogens with zero attached hydrogens (tertiary/aromatic N) is 5. The minimum atomic E-state index is -0.352. The van der Waals surface area contributed by atoms with Crippen molar-refractivity contribution in [2.45, 2.75) is 83.3 Å². The van der Waals surface area contributed by atoms with Crippen molar-refractivity contribution in [3.8, 4) is 0 Å². The molecule has 3 rings (SSSR count). The van der Waals surface area contributed by atoms with Crippen LogP contribution in [0.4, 0.5) is 0 Å². The molecule has 2 aromatic heterocycles. The topological polar surface area (TPSA) is 119 Å². The second-order valence-corrected chi connectivity index (χ2v) is 9.64. The highest BCUT2D eigenvalue weighted by atomic mass is 16.7. The van der Waals surface area contributed by atoms with E-state index in [4.69, 9.17) is 24.7 Å². The Morgan fingerprint density at radius 1 is 0.946 bits per heavy atom. The van der Waals surface area contributed by atoms with Crippen LogP contribution in [0.3, 0.4) is 0 Å². The molecule has 0 amide bonds. The van der Waals surface area contributed by atoms with E-state index in [0.717, 1.165) is 56.7 Å². The Balaban J connectivity index is 1.64. The zero-order chi connectivity index (χ0) is 26.6. The minimum absolute atomic E-state index is 0.190. The third-order valence-electron chi connectivity index (χ3n) is 7.19. The number of carbonyl (C=O) groups excluding carboxylic acids is 1. The van der Waals surface area contributed by atoms with Crippen molar-refractivity contribution in [3.05, 3.63) is 36.4 Å². The van der Waals surface area contributed by atoms with Crippen LogP contribution in [-0.2, 0) is 49.9 Å². The molecule has 0 saturated heterocycles. The average molecular weight is 521 g/mol. The second-order valence-electron chi connectivity index (χ2n) is 9.64. The average Bonchev–Trinajstić information content (AvgIpc) is 3.50. The molecule has 1 fully saturated rings. The van der Waals surface area contributed by atoms with Crippen molar-refractivity contribution in [2.75, 3.05) is 35.0 Å². The fourth-order valence-corrected chi connectivity index (χ4v) is 4.58. The Bertz CT molecular complexity index is 868. The maximum absolute atomic E-state index is 12.4. The van der Waals surface area contributed by atoms with Crippen LogP contribution in [0.2, 0.25) is 0 Å². The normalized spacial score (nSPS) is 15.1. The van der Waals surface area contributed by atoms with Gasteiger partial charge in [0, 0.05) is 59.1 Å². The van der Waals surface area contributed by atoms with Crippen LogP contribution in [0.1, 0.15) is 50.2 Å². The molecule has 2 heterocycles. The summed E-state index contributed by atoms with van der Waals surface area (Å²) in [6.45, 7) is 3.18. The number of nitrogens with two attached hydrogens (primary N) is 1. The van der Waals surface area contributed by atoms with Gasteiger partial charge in [0.05, 0.1) is 32.2 Å². The molecule has 1 aliphatic rings. The van der Waals surface area contributed by atoms with E-state index >= 15 is 0 Å². The van der Waals surface area contributed by atoms with Crippen LogP contribution < -0.4 is 5.73 Å². The zero-order valence-electron chi connectivity index (χ0n) is 22.8. The third kappa shape index (κ3) is 8.69. The van der Waals surface area contributed by atoms with Gasteiger partial charge in [-0.3, -0.25) is 9.69 Å². The van der Waals surface area contributed by atoms with Crippen LogP contribution in [0, 0.1) is 5.92 Å². The molecular weight excluding hydrogens is 476 g/mol. The van der Waals surface area contributed by atoms with Gasteiger partial charge in [0.2, 0.25) is 0 Å². The molecule has 1 atom stereocenters. The van der Waals surface area contributed by atoms with Crippen LogP contribution in [0.5, 0.6) is 0 Å². The number of ether oxygens (including phenoxy) is 4. The summed E-state index contributed by atoms with van der Waals surface area (Å²) in [5.41, 5.74) is 6.21. The summed E-state index contributed by atoms with van der Waals surface area (Å²) >= 11 is 0. The van der Waals surface area contributed by atoms with Crippen molar-refractivity contribution in [3.63, 3.8) is 0 Å². The summed E-state index contributed by atoms with van der Waals surface area (Å²) in [6, 6.07) is -0.350. The Morgan fingerprint density at radius 2 is 1.46 bits per heavy atom. The summed E-state index contributed by atoms with van der Waals surface area (Å²) in [5, 5.41) is 0. The van der Waals surface area contributed by atoms with Gasteiger partial charge in [0.1, 0.15) is 11.6 Å². The first-order chi connectivity index (χ1) is 18.0. The molecule has 2 aromatic rings. The number of Topliss-reactive ketones (excluding diaryl/α,β-unsaturated/α-hetero) is 1. The van der Waals surface area contributed by atoms with Crippen molar-refractivity contribution >= 4 is 5.78 Å². The summed E-state index contributed by atoms with van der Waals surface area (Å²) in [7, 11) is 6.52. The number of rotatable bonds is 19. The number of hydrogen-bond acceptors (Lipinski definition) is 9. The smallest absolute Gasteiger partial charge is 0.174 e. The van der Waals surface area contributed by atoms with E-state index in [-0.39, 0.29) is 30.3 Å². The second kappa shape index (κ2) is 15.3. The Morgan fingerprint density at radius 3 is 1.89 bits per heavy atom. The lowest BCUT2D eigenvalue weighted by Crippen LogP contribution is -2.38. The summed E-state index contributed by atoms with van der Waals surface area (Å²) < 4.78 is 25.6. The highest BCUT2D eigenvalue weighted by molar-refractivity contribution is 5.86. The van der Waals surface area contributed by atoms with Gasteiger partial charge >= 0.3 is 0 Å². The highest BCUT2D eigenvalue weighted by Gasteiger charge is 2.29. The lowest BCUT2D eigenvalue weighted by molar-refractivity contribution is -0.126. The first-order valence-electron chi connectivity index (χ1n) is 13.1. The lowest BCUT2D eigenvalue weighted by Gasteiger charge is -2.27. The lowest BCUT2D eigenvalue weighted by atomic mass is 9.79. The number of methoxy groups -OCH3 is 4. The number of aromatic nitrogens is 4. The standard InChI is InChI=1S/C26H44N6O5/c1-34-24(35-2)18-31-14-11-28-22(31)16-30(13-6-5-10-21(27)26(33)20-8-7-9-20)17-23-29-12-15-32(23)19-25(36-3)37-4/h11-12,14-15,20-21,24-25H,5-10,13,16-19,27H2,1-4H3. The number of ketones is 1. The minimum Gasteiger partial charge on any atom is -0.354 e. The molecule has 11 heteroatoms. The highest BCUT2D eigenvalue weighted by Crippen LogP contribution is 2.28. The molecule has 37 heavy (non-hydrogen) atoms. The molecule has 0 aliphatic heterocycles. The Hall–Kier alpha value is -2.15. The van der Waals surface area contributed by atoms with Crippen LogP contribution in [0.15, 0.2) is 24.8 Å². The summed E-state index contributed by atoms with van der Waals surface area (Å²) in [5.74, 6) is 2.26. The van der Waals surface area contributed by atoms with Crippen molar-refractivity contribution in [1.29, 1.82) is 0 Å². The van der Waals surface area contributed by atoms with Gasteiger partial charge in [-0.25, -0.2) is 9.97 Å². The first kappa shape index (κ1) is 29.4. The van der Waals surface area contributed by atoms with E-state index in [1.54, 1.807) is 40.8 Å². The molecule has 0 radical (unpaired) electrons. The van der Waals surface area contributed by atoms with E-state index in [0.29, 0.717) is 26.2 Å². The monoisotopic (exact) mass is 520 g/mol. The molecule has 1 aliphatic carbocycles. The predicted molar refractivity (Wildman–Crippen MR) is 138 cm³/mol.